The molecular formula is C56H40N4O. The number of hydrogen-bond acceptors (Lipinski definition) is 2. The number of rotatable bonds is 9. The molecule has 11 aromatic rings. The number of fused-ring (bicyclic) bond motifs is 4. The number of aromatic nitrogens is 4. The molecule has 11 rings (SSSR count). The number of imidazole rings is 1. The van der Waals surface area contributed by atoms with Gasteiger partial charge in [-0.3, -0.25) is 13.7 Å². The minimum Gasteiger partial charge on any atom is -0.458 e. The van der Waals surface area contributed by atoms with Gasteiger partial charge in [-0.25, -0.2) is 4.98 Å². The van der Waals surface area contributed by atoms with Crippen molar-refractivity contribution in [1.82, 2.24) is 14.1 Å². The lowest BCUT2D eigenvalue weighted by molar-refractivity contribution is -0.571. The maximum atomic E-state index is 6.75. The molecule has 0 atom stereocenters. The molecule has 0 amide bonds. The molecule has 0 fully saturated rings. The van der Waals surface area contributed by atoms with Crippen LogP contribution in [0.5, 0.6) is 11.5 Å². The Balaban J connectivity index is 1.07. The Bertz CT molecular complexity index is 3310. The van der Waals surface area contributed by atoms with Crippen LogP contribution in [0.3, 0.4) is 0 Å². The molecule has 0 saturated heterocycles. The summed E-state index contributed by atoms with van der Waals surface area (Å²) in [5.74, 6) is 2.37. The van der Waals surface area contributed by atoms with Gasteiger partial charge < -0.3 is 4.74 Å². The fourth-order valence-corrected chi connectivity index (χ4v) is 8.65. The third-order valence-corrected chi connectivity index (χ3v) is 11.6. The molecule has 5 heteroatoms. The summed E-state index contributed by atoms with van der Waals surface area (Å²) in [6.07, 6.45) is 6.69. The van der Waals surface area contributed by atoms with Crippen LogP contribution in [0.1, 0.15) is 12.5 Å². The van der Waals surface area contributed by atoms with Crippen molar-refractivity contribution in [3.63, 3.8) is 0 Å². The number of nitrogens with zero attached hydrogens (tertiary/aromatic N) is 4. The van der Waals surface area contributed by atoms with Gasteiger partial charge >= 0.3 is 0 Å². The van der Waals surface area contributed by atoms with E-state index < -0.39 is 0 Å². The number of pyridine rings is 1. The third kappa shape index (κ3) is 6.53. The van der Waals surface area contributed by atoms with E-state index in [2.05, 4.69) is 227 Å². The Kier molecular flexibility index (Phi) is 9.05. The highest BCUT2D eigenvalue weighted by Crippen LogP contribution is 2.37. The molecule has 5 nitrogen and oxygen atoms in total. The molecule has 0 bridgehead atoms. The Morgan fingerprint density at radius 2 is 1.16 bits per heavy atom. The Morgan fingerprint density at radius 1 is 0.508 bits per heavy atom. The van der Waals surface area contributed by atoms with Crippen LogP contribution in [0, 0.1) is 6.33 Å². The van der Waals surface area contributed by atoms with E-state index in [1.165, 1.54) is 10.9 Å². The van der Waals surface area contributed by atoms with Gasteiger partial charge in [-0.15, -0.1) is 0 Å². The van der Waals surface area contributed by atoms with Crippen molar-refractivity contribution < 1.29 is 9.30 Å². The van der Waals surface area contributed by atoms with Crippen molar-refractivity contribution in [2.45, 2.75) is 13.3 Å². The lowest BCUT2D eigenvalue weighted by Gasteiger charge is -2.17. The maximum absolute atomic E-state index is 6.75. The fraction of sp³-hybridized carbons (Fsp3) is 0.0357. The van der Waals surface area contributed by atoms with Crippen LogP contribution in [-0.2, 0) is 6.42 Å². The van der Waals surface area contributed by atoms with Crippen molar-refractivity contribution >= 4 is 32.8 Å². The zero-order valence-electron chi connectivity index (χ0n) is 33.6. The van der Waals surface area contributed by atoms with Crippen molar-refractivity contribution in [3.8, 4) is 62.1 Å². The van der Waals surface area contributed by atoms with Crippen molar-refractivity contribution in [1.29, 1.82) is 0 Å². The molecule has 0 N–H and O–H groups in total. The second-order valence-electron chi connectivity index (χ2n) is 15.3. The van der Waals surface area contributed by atoms with Crippen LogP contribution in [0.4, 0.5) is 0 Å². The minimum atomic E-state index is 0.725. The SMILES string of the molecule is CCc1ccnc(-n2c3ccccc3c3ccc(Oc4cccc(-n5[c-][n+](-c6c(-c7ccccc7)cccc6-c6ccccc6)c6cc(-c7ccccc7)ccc65)c4)cc32)c1. The second kappa shape index (κ2) is 15.3. The van der Waals surface area contributed by atoms with E-state index in [1.54, 1.807) is 0 Å². The number of hydrogen-bond donors (Lipinski definition) is 0. The average Bonchev–Trinajstić information content (AvgIpc) is 3.87. The van der Waals surface area contributed by atoms with Crippen LogP contribution >= 0.6 is 0 Å². The largest absolute Gasteiger partial charge is 0.458 e. The normalized spacial score (nSPS) is 11.4. The van der Waals surface area contributed by atoms with E-state index in [4.69, 9.17) is 9.72 Å². The number of aryl methyl sites for hydroxylation is 1. The number of para-hydroxylation sites is 2. The second-order valence-corrected chi connectivity index (χ2v) is 15.3. The fourth-order valence-electron chi connectivity index (χ4n) is 8.65. The van der Waals surface area contributed by atoms with Crippen molar-refractivity contribution in [3.05, 3.63) is 224 Å². The summed E-state index contributed by atoms with van der Waals surface area (Å²) in [7, 11) is 0. The maximum Gasteiger partial charge on any atom is 0.269 e. The summed E-state index contributed by atoms with van der Waals surface area (Å²) >= 11 is 0. The first kappa shape index (κ1) is 36.1. The predicted octanol–water partition coefficient (Wildman–Crippen LogP) is 13.6. The monoisotopic (exact) mass is 784 g/mol. The molecule has 0 radical (unpaired) electrons. The molecule has 0 aliphatic rings. The summed E-state index contributed by atoms with van der Waals surface area (Å²) in [5.41, 5.74) is 14.2. The molecule has 0 spiro atoms. The molecule has 290 valence electrons. The Morgan fingerprint density at radius 3 is 1.90 bits per heavy atom. The third-order valence-electron chi connectivity index (χ3n) is 11.6. The predicted molar refractivity (Wildman–Crippen MR) is 248 cm³/mol. The summed E-state index contributed by atoms with van der Waals surface area (Å²) in [5, 5.41) is 2.33. The molecule has 3 heterocycles. The van der Waals surface area contributed by atoms with Crippen molar-refractivity contribution in [2.24, 2.45) is 0 Å². The molecule has 0 aliphatic carbocycles. The van der Waals surface area contributed by atoms with Gasteiger partial charge in [0.05, 0.1) is 33.4 Å². The highest BCUT2D eigenvalue weighted by atomic mass is 16.5. The first-order valence-corrected chi connectivity index (χ1v) is 20.8. The molecular weight excluding hydrogens is 745 g/mol. The molecule has 61 heavy (non-hydrogen) atoms. The highest BCUT2D eigenvalue weighted by Gasteiger charge is 2.21. The zero-order valence-corrected chi connectivity index (χ0v) is 33.6. The van der Waals surface area contributed by atoms with Gasteiger partial charge in [0, 0.05) is 23.0 Å². The minimum absolute atomic E-state index is 0.725. The van der Waals surface area contributed by atoms with Gasteiger partial charge in [-0.2, -0.15) is 0 Å². The van der Waals surface area contributed by atoms with Gasteiger partial charge in [0.2, 0.25) is 0 Å². The number of ether oxygens (including phenoxy) is 1. The van der Waals surface area contributed by atoms with Gasteiger partial charge in [0.25, 0.3) is 6.33 Å². The summed E-state index contributed by atoms with van der Waals surface area (Å²) in [4.78, 5) is 4.82. The molecule has 0 aliphatic heterocycles. The summed E-state index contributed by atoms with van der Waals surface area (Å²) < 4.78 is 13.4. The highest BCUT2D eigenvalue weighted by molar-refractivity contribution is 6.09. The van der Waals surface area contributed by atoms with Crippen molar-refractivity contribution in [2.75, 3.05) is 0 Å². The number of benzene rings is 8. The van der Waals surface area contributed by atoms with Gasteiger partial charge in [0.15, 0.2) is 0 Å². The van der Waals surface area contributed by atoms with E-state index in [-0.39, 0.29) is 0 Å². The van der Waals surface area contributed by atoms with E-state index in [1.807, 2.05) is 12.3 Å². The van der Waals surface area contributed by atoms with E-state index in [0.717, 1.165) is 95.9 Å². The lowest BCUT2D eigenvalue weighted by atomic mass is 9.95. The quantitative estimate of drug-likeness (QED) is 0.108. The standard InChI is InChI=1S/C56H40N4O/c1-2-39-32-33-57-55(34-39)60-51-27-13-12-24-49(51)50-30-29-46(37-53(50)60)61-45-23-14-22-44(36-45)58-38-59(54-35-43(28-31-52(54)58)40-16-6-3-7-17-40)56-47(41-18-8-4-9-19-41)25-15-26-48(56)42-20-10-5-11-21-42/h3-37H,2H2,1H3. The topological polar surface area (TPSA) is 35.9 Å². The smallest absolute Gasteiger partial charge is 0.269 e. The van der Waals surface area contributed by atoms with Crippen LogP contribution in [0.15, 0.2) is 212 Å². The molecule has 0 saturated carbocycles. The average molecular weight is 785 g/mol. The Hall–Kier alpha value is -8.02. The first-order valence-electron chi connectivity index (χ1n) is 20.8. The molecule has 8 aromatic carbocycles. The zero-order chi connectivity index (χ0) is 40.7. The Labute approximate surface area is 354 Å². The van der Waals surface area contributed by atoms with Crippen LogP contribution < -0.4 is 9.30 Å². The van der Waals surface area contributed by atoms with Gasteiger partial charge in [-0.1, -0.05) is 153 Å². The van der Waals surface area contributed by atoms with E-state index in [0.29, 0.717) is 0 Å². The van der Waals surface area contributed by atoms with E-state index >= 15 is 0 Å². The molecule has 0 unspecified atom stereocenters. The first-order chi connectivity index (χ1) is 30.2. The lowest BCUT2D eigenvalue weighted by Crippen LogP contribution is -2.31. The summed E-state index contributed by atoms with van der Waals surface area (Å²) in [6, 6.07) is 72.5. The summed E-state index contributed by atoms with van der Waals surface area (Å²) in [6.45, 7) is 2.17. The van der Waals surface area contributed by atoms with Gasteiger partial charge in [-0.05, 0) is 100.0 Å². The van der Waals surface area contributed by atoms with Crippen LogP contribution in [0.25, 0.3) is 83.4 Å². The van der Waals surface area contributed by atoms with Gasteiger partial charge in [0.1, 0.15) is 17.3 Å². The van der Waals surface area contributed by atoms with Crippen LogP contribution in [-0.4, -0.2) is 14.1 Å². The van der Waals surface area contributed by atoms with E-state index in [9.17, 15) is 0 Å². The molecule has 3 aromatic heterocycles. The van der Waals surface area contributed by atoms with Crippen LogP contribution in [0.2, 0.25) is 0 Å².